The van der Waals surface area contributed by atoms with E-state index < -0.39 is 10.0 Å². The number of nitrogens with one attached hydrogen (secondary N) is 1. The van der Waals surface area contributed by atoms with E-state index in [1.165, 1.54) is 19.4 Å². The summed E-state index contributed by atoms with van der Waals surface area (Å²) >= 11 is 12.2. The SMILES string of the molecule is CCOc1c(Cl)cc(/C=N/NS(=O)(=O)c2cc(C)ccc2OC)cc1Cl. The van der Waals surface area contributed by atoms with Crippen LogP contribution < -0.4 is 14.3 Å². The Morgan fingerprint density at radius 3 is 2.42 bits per heavy atom. The van der Waals surface area contributed by atoms with Crippen molar-refractivity contribution in [2.75, 3.05) is 13.7 Å². The quantitative estimate of drug-likeness (QED) is 0.545. The highest BCUT2D eigenvalue weighted by atomic mass is 35.5. The molecule has 0 heterocycles. The van der Waals surface area contributed by atoms with Gasteiger partial charge in [-0.3, -0.25) is 0 Å². The third-order valence-electron chi connectivity index (χ3n) is 3.30. The van der Waals surface area contributed by atoms with Gasteiger partial charge in [-0.15, -0.1) is 0 Å². The minimum absolute atomic E-state index is 0.0000847. The van der Waals surface area contributed by atoms with Crippen molar-refractivity contribution in [2.45, 2.75) is 18.7 Å². The highest BCUT2D eigenvalue weighted by Crippen LogP contribution is 2.33. The number of ether oxygens (including phenoxy) is 2. The molecule has 26 heavy (non-hydrogen) atoms. The topological polar surface area (TPSA) is 77.0 Å². The molecule has 0 saturated carbocycles. The standard InChI is InChI=1S/C17H18Cl2N2O4S/c1-4-25-17-13(18)8-12(9-14(17)19)10-20-21-26(22,23)16-7-11(2)5-6-15(16)24-3/h5-10,21H,4H2,1-3H3/b20-10+. The monoisotopic (exact) mass is 416 g/mol. The zero-order chi connectivity index (χ0) is 19.3. The summed E-state index contributed by atoms with van der Waals surface area (Å²) in [6.45, 7) is 4.02. The second-order valence-corrected chi connectivity index (χ2v) is 7.70. The van der Waals surface area contributed by atoms with Gasteiger partial charge in [0, 0.05) is 0 Å². The minimum Gasteiger partial charge on any atom is -0.495 e. The van der Waals surface area contributed by atoms with Gasteiger partial charge in [0.2, 0.25) is 0 Å². The molecule has 0 unspecified atom stereocenters. The van der Waals surface area contributed by atoms with E-state index in [1.807, 2.05) is 6.92 Å². The van der Waals surface area contributed by atoms with E-state index in [-0.39, 0.29) is 10.6 Å². The van der Waals surface area contributed by atoms with E-state index in [1.54, 1.807) is 31.2 Å². The average molecular weight is 417 g/mol. The summed E-state index contributed by atoms with van der Waals surface area (Å²) in [4.78, 5) is 2.15. The van der Waals surface area contributed by atoms with Gasteiger partial charge in [-0.05, 0) is 49.2 Å². The van der Waals surface area contributed by atoms with Crippen molar-refractivity contribution in [3.8, 4) is 11.5 Å². The molecule has 0 atom stereocenters. The Labute approximate surface area is 162 Å². The molecular weight excluding hydrogens is 399 g/mol. The van der Waals surface area contributed by atoms with Gasteiger partial charge in [-0.1, -0.05) is 29.3 Å². The molecule has 0 aliphatic heterocycles. The first-order chi connectivity index (χ1) is 12.3. The molecule has 0 aliphatic carbocycles. The first-order valence-electron chi connectivity index (χ1n) is 7.60. The molecule has 0 aliphatic rings. The number of methoxy groups -OCH3 is 1. The predicted octanol–water partition coefficient (Wildman–Crippen LogP) is 4.02. The van der Waals surface area contributed by atoms with Crippen molar-refractivity contribution in [1.82, 2.24) is 4.83 Å². The highest BCUT2D eigenvalue weighted by Gasteiger charge is 2.19. The predicted molar refractivity (Wildman–Crippen MR) is 103 cm³/mol. The zero-order valence-corrected chi connectivity index (χ0v) is 16.7. The molecule has 1 N–H and O–H groups in total. The normalized spacial score (nSPS) is 11.6. The Kier molecular flexibility index (Phi) is 6.75. The van der Waals surface area contributed by atoms with Gasteiger partial charge >= 0.3 is 0 Å². The van der Waals surface area contributed by atoms with Crippen LogP contribution in [-0.4, -0.2) is 28.3 Å². The lowest BCUT2D eigenvalue weighted by Gasteiger charge is -2.10. The van der Waals surface area contributed by atoms with Crippen molar-refractivity contribution >= 4 is 39.4 Å². The maximum atomic E-state index is 12.5. The number of benzene rings is 2. The van der Waals surface area contributed by atoms with Crippen molar-refractivity contribution in [3.05, 3.63) is 51.5 Å². The van der Waals surface area contributed by atoms with Crippen molar-refractivity contribution in [3.63, 3.8) is 0 Å². The number of nitrogens with zero attached hydrogens (tertiary/aromatic N) is 1. The average Bonchev–Trinajstić information content (AvgIpc) is 2.58. The van der Waals surface area contributed by atoms with E-state index in [0.717, 1.165) is 5.56 Å². The van der Waals surface area contributed by atoms with Crippen LogP contribution in [0, 0.1) is 6.92 Å². The van der Waals surface area contributed by atoms with Crippen molar-refractivity contribution in [1.29, 1.82) is 0 Å². The van der Waals surface area contributed by atoms with Gasteiger partial charge in [-0.25, -0.2) is 0 Å². The fraction of sp³-hybridized carbons (Fsp3) is 0.235. The summed E-state index contributed by atoms with van der Waals surface area (Å²) in [5.41, 5.74) is 1.29. The minimum atomic E-state index is -3.90. The highest BCUT2D eigenvalue weighted by molar-refractivity contribution is 7.89. The Hall–Kier alpha value is -1.96. The van der Waals surface area contributed by atoms with Gasteiger partial charge in [-0.2, -0.15) is 18.4 Å². The van der Waals surface area contributed by atoms with Crippen molar-refractivity contribution in [2.24, 2.45) is 5.10 Å². The van der Waals surface area contributed by atoms with Crippen LogP contribution in [0.25, 0.3) is 0 Å². The molecule has 2 aromatic rings. The van der Waals surface area contributed by atoms with E-state index in [9.17, 15) is 8.42 Å². The van der Waals surface area contributed by atoms with Crippen LogP contribution in [0.4, 0.5) is 0 Å². The number of rotatable bonds is 7. The third kappa shape index (κ3) is 4.81. The second kappa shape index (κ2) is 8.62. The number of sulfonamides is 1. The third-order valence-corrected chi connectivity index (χ3v) is 5.11. The maximum Gasteiger partial charge on any atom is 0.280 e. The van der Waals surface area contributed by atoms with E-state index in [4.69, 9.17) is 32.7 Å². The Morgan fingerprint density at radius 1 is 1.19 bits per heavy atom. The smallest absolute Gasteiger partial charge is 0.280 e. The van der Waals surface area contributed by atoms with Crippen LogP contribution in [0.15, 0.2) is 40.3 Å². The molecule has 0 bridgehead atoms. The first kappa shape index (κ1) is 20.4. The fourth-order valence-corrected chi connectivity index (χ4v) is 3.81. The zero-order valence-electron chi connectivity index (χ0n) is 14.4. The number of halogens is 2. The lowest BCUT2D eigenvalue weighted by molar-refractivity contribution is 0.340. The molecule has 0 amide bonds. The lowest BCUT2D eigenvalue weighted by Crippen LogP contribution is -2.19. The lowest BCUT2D eigenvalue weighted by atomic mass is 10.2. The molecule has 140 valence electrons. The van der Waals surface area contributed by atoms with E-state index in [0.29, 0.717) is 28.0 Å². The molecule has 0 spiro atoms. The van der Waals surface area contributed by atoms with Gasteiger partial charge in [0.05, 0.1) is 30.0 Å². The molecule has 0 radical (unpaired) electrons. The Bertz CT molecular complexity index is 907. The van der Waals surface area contributed by atoms with Gasteiger partial charge in [0.15, 0.2) is 5.75 Å². The summed E-state index contributed by atoms with van der Waals surface area (Å²) in [6, 6.07) is 7.99. The second-order valence-electron chi connectivity index (χ2n) is 5.25. The van der Waals surface area contributed by atoms with Crippen LogP contribution in [0.1, 0.15) is 18.1 Å². The van der Waals surface area contributed by atoms with Crippen LogP contribution >= 0.6 is 23.2 Å². The molecule has 0 aromatic heterocycles. The number of aryl methyl sites for hydroxylation is 1. The maximum absolute atomic E-state index is 12.5. The summed E-state index contributed by atoms with van der Waals surface area (Å²) in [5, 5.41) is 4.39. The van der Waals surface area contributed by atoms with Crippen LogP contribution in [0.3, 0.4) is 0 Å². The van der Waals surface area contributed by atoms with Gasteiger partial charge in [0.1, 0.15) is 10.6 Å². The fourth-order valence-electron chi connectivity index (χ4n) is 2.15. The summed E-state index contributed by atoms with van der Waals surface area (Å²) in [7, 11) is -2.50. The summed E-state index contributed by atoms with van der Waals surface area (Å²) in [6.07, 6.45) is 1.30. The largest absolute Gasteiger partial charge is 0.495 e. The molecule has 2 rings (SSSR count). The van der Waals surface area contributed by atoms with Crippen molar-refractivity contribution < 1.29 is 17.9 Å². The molecule has 0 fully saturated rings. The van der Waals surface area contributed by atoms with Gasteiger partial charge in [0.25, 0.3) is 10.0 Å². The van der Waals surface area contributed by atoms with E-state index in [2.05, 4.69) is 9.93 Å². The van der Waals surface area contributed by atoms with Gasteiger partial charge < -0.3 is 9.47 Å². The number of hydrogen-bond donors (Lipinski definition) is 1. The van der Waals surface area contributed by atoms with Crippen LogP contribution in [-0.2, 0) is 10.0 Å². The van der Waals surface area contributed by atoms with E-state index >= 15 is 0 Å². The Morgan fingerprint density at radius 2 is 1.85 bits per heavy atom. The van der Waals surface area contributed by atoms with Crippen LogP contribution in [0.2, 0.25) is 10.0 Å². The van der Waals surface area contributed by atoms with Crippen LogP contribution in [0.5, 0.6) is 11.5 Å². The summed E-state index contributed by atoms with van der Waals surface area (Å²) < 4.78 is 35.3. The molecular formula is C17H18Cl2N2O4S. The first-order valence-corrected chi connectivity index (χ1v) is 9.83. The summed E-state index contributed by atoms with van der Waals surface area (Å²) in [5.74, 6) is 0.600. The number of hydrazone groups is 1. The molecule has 9 heteroatoms. The Balaban J connectivity index is 2.24. The molecule has 0 saturated heterocycles. The number of hydrogen-bond acceptors (Lipinski definition) is 5. The molecule has 6 nitrogen and oxygen atoms in total. The molecule has 2 aromatic carbocycles.